The van der Waals surface area contributed by atoms with Crippen molar-refractivity contribution in [2.45, 2.75) is 103 Å². The Morgan fingerprint density at radius 1 is 1.05 bits per heavy atom. The number of hydrogen-bond donors (Lipinski definition) is 3. The number of carbonyl (C=O) groups is 6. The summed E-state index contributed by atoms with van der Waals surface area (Å²) < 4.78 is 5.59. The molecule has 0 bridgehead atoms. The number of nitrogens with zero attached hydrogens (tertiary/aromatic N) is 2. The van der Waals surface area contributed by atoms with E-state index in [-0.39, 0.29) is 37.8 Å². The van der Waals surface area contributed by atoms with Crippen LogP contribution >= 0.6 is 0 Å². The number of para-hydroxylation sites is 1. The number of amides is 5. The number of primary amides is 1. The van der Waals surface area contributed by atoms with Crippen LogP contribution in [0.15, 0.2) is 30.3 Å². The molecule has 1 aromatic rings. The molecule has 4 rings (SSSR count). The van der Waals surface area contributed by atoms with Crippen molar-refractivity contribution < 1.29 is 33.5 Å². The summed E-state index contributed by atoms with van der Waals surface area (Å²) in [7, 11) is 0. The van der Waals surface area contributed by atoms with Gasteiger partial charge in [0.1, 0.15) is 18.2 Å². The van der Waals surface area contributed by atoms with Gasteiger partial charge in [0.25, 0.3) is 5.91 Å². The van der Waals surface area contributed by atoms with E-state index in [1.807, 2.05) is 51.1 Å². The fraction of sp³-hybridized carbons (Fsp3) is 0.625. The lowest BCUT2D eigenvalue weighted by molar-refractivity contribution is -0.143. The van der Waals surface area contributed by atoms with E-state index >= 15 is 0 Å². The van der Waals surface area contributed by atoms with E-state index in [1.165, 1.54) is 4.90 Å². The predicted molar refractivity (Wildman–Crippen MR) is 162 cm³/mol. The molecule has 1 saturated carbocycles. The van der Waals surface area contributed by atoms with Crippen molar-refractivity contribution in [2.75, 3.05) is 18.0 Å². The summed E-state index contributed by atoms with van der Waals surface area (Å²) >= 11 is 0. The molecule has 0 aromatic heterocycles. The lowest BCUT2D eigenvalue weighted by atomic mass is 9.84. The maximum atomic E-state index is 14.3. The number of ether oxygens (including phenoxy) is 1. The molecule has 1 aliphatic carbocycles. The van der Waals surface area contributed by atoms with Crippen LogP contribution in [-0.2, 0) is 28.7 Å². The fourth-order valence-electron chi connectivity index (χ4n) is 6.62. The first kappa shape index (κ1) is 32.9. The summed E-state index contributed by atoms with van der Waals surface area (Å²) in [6, 6.07) is 5.96. The highest BCUT2D eigenvalue weighted by Crippen LogP contribution is 2.45. The number of carbonyl (C=O) groups excluding carboxylic acids is 6. The van der Waals surface area contributed by atoms with Gasteiger partial charge in [0.15, 0.2) is 0 Å². The first-order chi connectivity index (χ1) is 20.7. The van der Waals surface area contributed by atoms with Crippen molar-refractivity contribution in [1.29, 1.82) is 0 Å². The maximum absolute atomic E-state index is 14.3. The number of ketones is 1. The molecule has 3 aliphatic rings. The third-order valence-electron chi connectivity index (χ3n) is 8.89. The molecule has 5 amide bonds. The summed E-state index contributed by atoms with van der Waals surface area (Å²) in [5.74, 6) is -3.30. The standard InChI is InChI=1S/C32H45N5O7/c1-5-11-22(25(39)27(33)40)34-28(41)23-16-32(17-24(38)36(18-32)20-12-7-6-8-13-20)19-37(23)29(42)26(31(2,3)4)35-30(43)44-21-14-9-10-15-21/h6-8,12-13,21-23,26H,5,9-11,14-19H2,1-4H3,(H2,33,40)(H,34,41)(H,35,43)/t22-,23-,26+,32+/m0/s1. The highest BCUT2D eigenvalue weighted by atomic mass is 16.6. The van der Waals surface area contributed by atoms with Gasteiger partial charge in [-0.15, -0.1) is 0 Å². The normalized spacial score (nSPS) is 23.5. The fourth-order valence-corrected chi connectivity index (χ4v) is 6.62. The molecule has 4 atom stereocenters. The topological polar surface area (TPSA) is 168 Å². The van der Waals surface area contributed by atoms with Gasteiger partial charge >= 0.3 is 6.09 Å². The van der Waals surface area contributed by atoms with E-state index < -0.39 is 58.6 Å². The van der Waals surface area contributed by atoms with Crippen LogP contribution in [0, 0.1) is 10.8 Å². The Hall–Kier alpha value is -3.96. The molecule has 44 heavy (non-hydrogen) atoms. The van der Waals surface area contributed by atoms with Crippen LogP contribution in [0.1, 0.15) is 79.1 Å². The van der Waals surface area contributed by atoms with Gasteiger partial charge in [-0.1, -0.05) is 52.3 Å². The first-order valence-electron chi connectivity index (χ1n) is 15.5. The van der Waals surface area contributed by atoms with Gasteiger partial charge in [0, 0.05) is 30.6 Å². The highest BCUT2D eigenvalue weighted by Gasteiger charge is 2.56. The minimum atomic E-state index is -1.16. The Kier molecular flexibility index (Phi) is 10.00. The minimum Gasteiger partial charge on any atom is -0.446 e. The molecule has 0 radical (unpaired) electrons. The summed E-state index contributed by atoms with van der Waals surface area (Å²) in [6.45, 7) is 7.62. The Morgan fingerprint density at radius 2 is 1.70 bits per heavy atom. The number of nitrogens with two attached hydrogens (primary N) is 1. The van der Waals surface area contributed by atoms with Crippen LogP contribution in [0.3, 0.4) is 0 Å². The van der Waals surface area contributed by atoms with Gasteiger partial charge in [-0.3, -0.25) is 24.0 Å². The van der Waals surface area contributed by atoms with Crippen molar-refractivity contribution in [3.05, 3.63) is 30.3 Å². The first-order valence-corrected chi connectivity index (χ1v) is 15.5. The zero-order valence-electron chi connectivity index (χ0n) is 26.1. The van der Waals surface area contributed by atoms with Gasteiger partial charge in [0.2, 0.25) is 23.5 Å². The molecule has 1 aromatic carbocycles. The van der Waals surface area contributed by atoms with Gasteiger partial charge in [0.05, 0.1) is 6.04 Å². The average Bonchev–Trinajstić information content (AvgIpc) is 3.69. The van der Waals surface area contributed by atoms with Crippen molar-refractivity contribution in [3.63, 3.8) is 0 Å². The molecule has 12 nitrogen and oxygen atoms in total. The van der Waals surface area contributed by atoms with Crippen molar-refractivity contribution >= 4 is 41.2 Å². The Balaban J connectivity index is 1.63. The van der Waals surface area contributed by atoms with Crippen LogP contribution in [0.4, 0.5) is 10.5 Å². The number of anilines is 1. The van der Waals surface area contributed by atoms with E-state index in [2.05, 4.69) is 10.6 Å². The van der Waals surface area contributed by atoms with Gasteiger partial charge in [-0.25, -0.2) is 4.79 Å². The average molecular weight is 612 g/mol. The van der Waals surface area contributed by atoms with E-state index in [4.69, 9.17) is 10.5 Å². The molecule has 2 aliphatic heterocycles. The van der Waals surface area contributed by atoms with Crippen LogP contribution in [0.25, 0.3) is 0 Å². The summed E-state index contributed by atoms with van der Waals surface area (Å²) in [6.07, 6.45) is 3.57. The van der Waals surface area contributed by atoms with Crippen LogP contribution in [0.2, 0.25) is 0 Å². The smallest absolute Gasteiger partial charge is 0.408 e. The molecule has 0 unspecified atom stereocenters. The van der Waals surface area contributed by atoms with Crippen LogP contribution < -0.4 is 21.3 Å². The van der Waals surface area contributed by atoms with Crippen molar-refractivity contribution in [1.82, 2.24) is 15.5 Å². The highest BCUT2D eigenvalue weighted by molar-refractivity contribution is 6.37. The number of benzene rings is 1. The van der Waals surface area contributed by atoms with Gasteiger partial charge in [-0.05, 0) is 56.1 Å². The maximum Gasteiger partial charge on any atom is 0.408 e. The summed E-state index contributed by atoms with van der Waals surface area (Å²) in [4.78, 5) is 81.7. The molecule has 2 saturated heterocycles. The monoisotopic (exact) mass is 611 g/mol. The largest absolute Gasteiger partial charge is 0.446 e. The van der Waals surface area contributed by atoms with Gasteiger partial charge < -0.3 is 30.9 Å². The van der Waals surface area contributed by atoms with Gasteiger partial charge in [-0.2, -0.15) is 0 Å². The number of alkyl carbamates (subject to hydrolysis) is 1. The lowest BCUT2D eigenvalue weighted by Crippen LogP contribution is -2.59. The van der Waals surface area contributed by atoms with Crippen LogP contribution in [0.5, 0.6) is 0 Å². The number of hydrogen-bond acceptors (Lipinski definition) is 7. The van der Waals surface area contributed by atoms with Crippen molar-refractivity contribution in [2.24, 2.45) is 16.6 Å². The molecule has 2 heterocycles. The number of Topliss-reactive ketones (excluding diaryl/α,β-unsaturated/α-hetero) is 1. The lowest BCUT2D eigenvalue weighted by Gasteiger charge is -2.35. The third kappa shape index (κ3) is 7.39. The van der Waals surface area contributed by atoms with E-state index in [1.54, 1.807) is 11.8 Å². The SMILES string of the molecule is CCC[C@H](NC(=O)[C@@H]1C[C@]2(CC(=O)N(c3ccccc3)C2)CN1C(=O)[C@@H](NC(=O)OC1CCCC1)C(C)(C)C)C(=O)C(N)=O. The second kappa shape index (κ2) is 13.4. The molecule has 240 valence electrons. The molecular formula is C32H45N5O7. The van der Waals surface area contributed by atoms with Crippen molar-refractivity contribution in [3.8, 4) is 0 Å². The molecular weight excluding hydrogens is 566 g/mol. The Bertz CT molecular complexity index is 1270. The number of rotatable bonds is 10. The van der Waals surface area contributed by atoms with E-state index in [0.717, 1.165) is 31.4 Å². The zero-order chi connectivity index (χ0) is 32.2. The Morgan fingerprint density at radius 3 is 2.30 bits per heavy atom. The van der Waals surface area contributed by atoms with E-state index in [9.17, 15) is 28.8 Å². The third-order valence-corrected chi connectivity index (χ3v) is 8.89. The second-order valence-electron chi connectivity index (χ2n) is 13.5. The quantitative estimate of drug-likeness (QED) is 0.342. The number of likely N-dealkylation sites (tertiary alicyclic amines) is 1. The Labute approximate surface area is 258 Å². The second-order valence-corrected chi connectivity index (χ2v) is 13.5. The summed E-state index contributed by atoms with van der Waals surface area (Å²) in [5.41, 5.74) is 4.47. The minimum absolute atomic E-state index is 0.0904. The predicted octanol–water partition coefficient (Wildman–Crippen LogP) is 2.43. The summed E-state index contributed by atoms with van der Waals surface area (Å²) in [5, 5.41) is 5.42. The van der Waals surface area contributed by atoms with E-state index in [0.29, 0.717) is 13.0 Å². The zero-order valence-corrected chi connectivity index (χ0v) is 26.1. The molecule has 12 heteroatoms. The van der Waals surface area contributed by atoms with Crippen LogP contribution in [-0.4, -0.2) is 77.7 Å². The molecule has 3 fully saturated rings. The molecule has 4 N–H and O–H groups in total. The number of nitrogens with one attached hydrogen (secondary N) is 2. The molecule has 1 spiro atoms.